The van der Waals surface area contributed by atoms with Crippen LogP contribution in [0.1, 0.15) is 17.1 Å². The highest BCUT2D eigenvalue weighted by Gasteiger charge is 2.13. The Kier molecular flexibility index (Phi) is 7.24. The Morgan fingerprint density at radius 2 is 0.830 bits per heavy atom. The summed E-state index contributed by atoms with van der Waals surface area (Å²) in [4.78, 5) is 30.1. The number of hydrogen-bond acceptors (Lipinski definition) is 12. The van der Waals surface area contributed by atoms with Gasteiger partial charge >= 0.3 is 0 Å². The van der Waals surface area contributed by atoms with Crippen molar-refractivity contribution in [2.75, 3.05) is 46.4 Å². The Labute approximate surface area is 271 Å². The second-order valence-corrected chi connectivity index (χ2v) is 11.8. The molecule has 47 heavy (non-hydrogen) atoms. The Balaban J connectivity index is 1.27. The summed E-state index contributed by atoms with van der Waals surface area (Å²) in [5.41, 5.74) is 22.5. The summed E-state index contributed by atoms with van der Waals surface area (Å²) in [6, 6.07) is 23.3. The van der Waals surface area contributed by atoms with E-state index in [0.29, 0.717) is 29.2 Å². The highest BCUT2D eigenvalue weighted by atomic mass is 15.3. The molecule has 12 nitrogen and oxygen atoms in total. The average molecular weight is 623 g/mol. The first-order chi connectivity index (χ1) is 22.6. The first kappa shape index (κ1) is 29.4. The summed E-state index contributed by atoms with van der Waals surface area (Å²) in [5.74, 6) is 0.992. The van der Waals surface area contributed by atoms with Gasteiger partial charge in [-0.1, -0.05) is 0 Å². The van der Waals surface area contributed by atoms with E-state index >= 15 is 0 Å². The molecule has 0 unspecified atom stereocenters. The fourth-order valence-corrected chi connectivity index (χ4v) is 5.65. The van der Waals surface area contributed by atoms with E-state index in [1.165, 1.54) is 0 Å². The van der Waals surface area contributed by atoms with Crippen LogP contribution in [-0.4, -0.2) is 44.0 Å². The van der Waals surface area contributed by atoms with Gasteiger partial charge in [-0.05, 0) is 93.6 Å². The standard InChI is InChI=1S/C35H34N12/c1-18-12-27(36)24-15-21(6-9-29(24)38-18)41-33-44-34(42-22-7-10-30-25(16-22)28(37)13-19(2)39-30)46-35(45-33)43-23-8-11-31-26(17-23)32(47(4)5)14-20(3)40-31/h6-17H,1-5H3,(H2,36,38)(H2,37,39)(H3,41,42,43,44,45,46). The lowest BCUT2D eigenvalue weighted by Gasteiger charge is -2.17. The molecule has 0 spiro atoms. The Morgan fingerprint density at radius 1 is 0.468 bits per heavy atom. The van der Waals surface area contributed by atoms with Crippen LogP contribution in [0.25, 0.3) is 32.7 Å². The zero-order chi connectivity index (χ0) is 32.8. The smallest absolute Gasteiger partial charge is 0.233 e. The van der Waals surface area contributed by atoms with Crippen molar-refractivity contribution in [1.82, 2.24) is 29.9 Å². The topological polar surface area (TPSA) is 169 Å². The van der Waals surface area contributed by atoms with Gasteiger partial charge in [0.1, 0.15) is 0 Å². The minimum absolute atomic E-state index is 0.327. The van der Waals surface area contributed by atoms with E-state index in [4.69, 9.17) is 31.4 Å². The van der Waals surface area contributed by atoms with Gasteiger partial charge in [-0.3, -0.25) is 15.0 Å². The summed E-state index contributed by atoms with van der Waals surface area (Å²) in [6.45, 7) is 5.84. The molecule has 0 atom stereocenters. The minimum Gasteiger partial charge on any atom is -0.398 e. The van der Waals surface area contributed by atoms with E-state index < -0.39 is 0 Å². The van der Waals surface area contributed by atoms with Gasteiger partial charge in [-0.15, -0.1) is 0 Å². The maximum absolute atomic E-state index is 6.32. The van der Waals surface area contributed by atoms with Crippen molar-refractivity contribution in [3.63, 3.8) is 0 Å². The number of rotatable bonds is 7. The molecule has 4 heterocycles. The first-order valence-electron chi connectivity index (χ1n) is 15.1. The molecule has 0 fully saturated rings. The van der Waals surface area contributed by atoms with Gasteiger partial charge in [0.2, 0.25) is 17.8 Å². The van der Waals surface area contributed by atoms with Gasteiger partial charge < -0.3 is 32.3 Å². The fraction of sp³-hybridized carbons (Fsp3) is 0.143. The van der Waals surface area contributed by atoms with Crippen LogP contribution in [0, 0.1) is 20.8 Å². The van der Waals surface area contributed by atoms with Crippen molar-refractivity contribution < 1.29 is 0 Å². The zero-order valence-electron chi connectivity index (χ0n) is 26.7. The van der Waals surface area contributed by atoms with Crippen LogP contribution in [0.15, 0.2) is 72.8 Å². The number of aryl methyl sites for hydroxylation is 3. The molecule has 7 aromatic rings. The maximum Gasteiger partial charge on any atom is 0.233 e. The number of anilines is 9. The maximum atomic E-state index is 6.32. The van der Waals surface area contributed by atoms with Crippen molar-refractivity contribution in [2.45, 2.75) is 20.8 Å². The summed E-state index contributed by atoms with van der Waals surface area (Å²) in [5, 5.41) is 12.7. The SMILES string of the molecule is Cc1cc(N)c2cc(Nc3nc(Nc4ccc5nc(C)cc(N)c5c4)nc(Nc4ccc5nc(C)cc(N(C)C)c5c4)n3)ccc2n1. The quantitative estimate of drug-likeness (QED) is 0.125. The van der Waals surface area contributed by atoms with E-state index in [2.05, 4.69) is 36.9 Å². The summed E-state index contributed by atoms with van der Waals surface area (Å²) < 4.78 is 0. The Bertz CT molecular complexity index is 2220. The normalized spacial score (nSPS) is 11.3. The second-order valence-electron chi connectivity index (χ2n) is 11.8. The predicted octanol–water partition coefficient (Wildman–Crippen LogP) is 6.90. The molecule has 0 saturated heterocycles. The molecule has 3 aromatic carbocycles. The molecule has 0 bridgehead atoms. The van der Waals surface area contributed by atoms with Crippen molar-refractivity contribution in [1.29, 1.82) is 0 Å². The van der Waals surface area contributed by atoms with Crippen LogP contribution >= 0.6 is 0 Å². The number of hydrogen-bond donors (Lipinski definition) is 5. The van der Waals surface area contributed by atoms with E-state index in [9.17, 15) is 0 Å². The van der Waals surface area contributed by atoms with E-state index in [1.54, 1.807) is 0 Å². The molecular formula is C35H34N12. The fourth-order valence-electron chi connectivity index (χ4n) is 5.65. The molecule has 7 N–H and O–H groups in total. The largest absolute Gasteiger partial charge is 0.398 e. The van der Waals surface area contributed by atoms with Crippen molar-refractivity contribution in [3.8, 4) is 0 Å². The van der Waals surface area contributed by atoms with Gasteiger partial charge in [0, 0.05) is 81.5 Å². The number of nitrogens with one attached hydrogen (secondary N) is 3. The number of fused-ring (bicyclic) bond motifs is 3. The van der Waals surface area contributed by atoms with Crippen molar-refractivity contribution >= 4 is 84.7 Å². The first-order valence-corrected chi connectivity index (χ1v) is 15.1. The molecule has 0 radical (unpaired) electrons. The molecule has 0 aliphatic rings. The molecule has 0 amide bonds. The lowest BCUT2D eigenvalue weighted by molar-refractivity contribution is 1.06. The number of nitrogens with two attached hydrogens (primary N) is 2. The average Bonchev–Trinajstić information content (AvgIpc) is 3.01. The van der Waals surface area contributed by atoms with Gasteiger partial charge in [0.25, 0.3) is 0 Å². The minimum atomic E-state index is 0.327. The van der Waals surface area contributed by atoms with E-state index in [-0.39, 0.29) is 0 Å². The lowest BCUT2D eigenvalue weighted by atomic mass is 10.1. The molecule has 0 aliphatic carbocycles. The van der Waals surface area contributed by atoms with Gasteiger partial charge in [0.05, 0.1) is 16.6 Å². The molecule has 7 rings (SSSR count). The number of benzene rings is 3. The van der Waals surface area contributed by atoms with Crippen LogP contribution in [-0.2, 0) is 0 Å². The van der Waals surface area contributed by atoms with Gasteiger partial charge in [-0.2, -0.15) is 15.0 Å². The van der Waals surface area contributed by atoms with Crippen LogP contribution in [0.3, 0.4) is 0 Å². The van der Waals surface area contributed by atoms with Crippen LogP contribution in [0.5, 0.6) is 0 Å². The lowest BCUT2D eigenvalue weighted by Crippen LogP contribution is -2.10. The highest BCUT2D eigenvalue weighted by molar-refractivity contribution is 5.95. The number of nitrogen functional groups attached to an aromatic ring is 2. The van der Waals surface area contributed by atoms with E-state index in [1.807, 2.05) is 102 Å². The van der Waals surface area contributed by atoms with Gasteiger partial charge in [-0.25, -0.2) is 0 Å². The zero-order valence-corrected chi connectivity index (χ0v) is 26.7. The Hall–Kier alpha value is -6.30. The molecule has 0 saturated carbocycles. The molecule has 234 valence electrons. The predicted molar refractivity (Wildman–Crippen MR) is 192 cm³/mol. The van der Waals surface area contributed by atoms with Crippen LogP contribution in [0.2, 0.25) is 0 Å². The summed E-state index contributed by atoms with van der Waals surface area (Å²) in [6.07, 6.45) is 0. The third-order valence-electron chi connectivity index (χ3n) is 7.74. The third kappa shape index (κ3) is 6.03. The van der Waals surface area contributed by atoms with Crippen molar-refractivity contribution in [2.24, 2.45) is 0 Å². The molecule has 4 aromatic heterocycles. The molecule has 0 aliphatic heterocycles. The summed E-state index contributed by atoms with van der Waals surface area (Å²) >= 11 is 0. The number of aromatic nitrogens is 6. The molecular weight excluding hydrogens is 588 g/mol. The van der Waals surface area contributed by atoms with Gasteiger partial charge in [0.15, 0.2) is 0 Å². The number of nitrogens with zero attached hydrogens (tertiary/aromatic N) is 7. The van der Waals surface area contributed by atoms with Crippen molar-refractivity contribution in [3.05, 3.63) is 89.9 Å². The number of pyridine rings is 3. The summed E-state index contributed by atoms with van der Waals surface area (Å²) in [7, 11) is 4.04. The Morgan fingerprint density at radius 3 is 1.23 bits per heavy atom. The molecule has 12 heteroatoms. The van der Waals surface area contributed by atoms with E-state index in [0.717, 1.165) is 72.5 Å². The third-order valence-corrected chi connectivity index (χ3v) is 7.74. The van der Waals surface area contributed by atoms with Crippen LogP contribution in [0.4, 0.5) is 52.0 Å². The monoisotopic (exact) mass is 622 g/mol. The van der Waals surface area contributed by atoms with Crippen LogP contribution < -0.4 is 32.3 Å². The highest BCUT2D eigenvalue weighted by Crippen LogP contribution is 2.31. The second kappa shape index (κ2) is 11.6.